The Morgan fingerprint density at radius 3 is 2.53 bits per heavy atom. The molecule has 15 heavy (non-hydrogen) atoms. The third kappa shape index (κ3) is 2.48. The van der Waals surface area contributed by atoms with Gasteiger partial charge in [0, 0.05) is 18.9 Å². The van der Waals surface area contributed by atoms with Gasteiger partial charge in [0.2, 0.25) is 0 Å². The van der Waals surface area contributed by atoms with Crippen molar-refractivity contribution in [3.05, 3.63) is 59.9 Å². The molecule has 0 amide bonds. The Morgan fingerprint density at radius 1 is 1.20 bits per heavy atom. The minimum absolute atomic E-state index is 0.387. The molecule has 0 bridgehead atoms. The van der Waals surface area contributed by atoms with Crippen LogP contribution in [0, 0.1) is 0 Å². The second kappa shape index (κ2) is 4.32. The summed E-state index contributed by atoms with van der Waals surface area (Å²) in [6, 6.07) is 12.2. The molecular weight excluding hydrogens is 186 g/mol. The molecule has 2 heteroatoms. The van der Waals surface area contributed by atoms with E-state index >= 15 is 0 Å². The average Bonchev–Trinajstić information content (AvgIpc) is 2.68. The highest BCUT2D eigenvalue weighted by Crippen LogP contribution is 2.13. The Balaban J connectivity index is 2.12. The Bertz CT molecular complexity index is 417. The van der Waals surface area contributed by atoms with Crippen molar-refractivity contribution in [3.63, 3.8) is 0 Å². The van der Waals surface area contributed by atoms with Crippen molar-refractivity contribution in [3.8, 4) is 0 Å². The molecule has 1 atom stereocenters. The summed E-state index contributed by atoms with van der Waals surface area (Å²) in [6.45, 7) is 2.63. The van der Waals surface area contributed by atoms with Crippen LogP contribution >= 0.6 is 0 Å². The van der Waals surface area contributed by atoms with E-state index in [0.29, 0.717) is 0 Å². The summed E-state index contributed by atoms with van der Waals surface area (Å²) < 4.78 is 2.08. The number of nitrogens with zero attached hydrogens (tertiary/aromatic N) is 1. The molecule has 2 rings (SSSR count). The number of benzene rings is 1. The summed E-state index contributed by atoms with van der Waals surface area (Å²) in [6.07, 6.45) is 3.59. The van der Waals surface area contributed by atoms with Gasteiger partial charge in [-0.15, -0.1) is 0 Å². The topological polar surface area (TPSA) is 25.2 Å². The molecule has 1 N–H and O–H groups in total. The van der Waals surface area contributed by atoms with Crippen LogP contribution in [0.25, 0.3) is 0 Å². The number of hydrogen-bond acceptors (Lipinski definition) is 1. The Kier molecular flexibility index (Phi) is 2.88. The predicted octanol–water partition coefficient (Wildman–Crippen LogP) is 2.59. The lowest BCUT2D eigenvalue weighted by atomic mass is 10.2. The molecular formula is C13H15NO. The van der Waals surface area contributed by atoms with Crippen molar-refractivity contribution < 1.29 is 5.11 Å². The zero-order valence-electron chi connectivity index (χ0n) is 8.80. The first-order valence-electron chi connectivity index (χ1n) is 5.13. The number of aliphatic hydroxyl groups is 1. The zero-order valence-corrected chi connectivity index (χ0v) is 8.80. The van der Waals surface area contributed by atoms with Crippen molar-refractivity contribution in [1.82, 2.24) is 4.57 Å². The first-order chi connectivity index (χ1) is 7.25. The fourth-order valence-corrected chi connectivity index (χ4v) is 1.60. The summed E-state index contributed by atoms with van der Waals surface area (Å²) in [5.41, 5.74) is 2.23. The molecule has 0 aliphatic rings. The molecule has 1 unspecified atom stereocenters. The first-order valence-corrected chi connectivity index (χ1v) is 5.13. The third-order valence-corrected chi connectivity index (χ3v) is 2.46. The molecule has 0 radical (unpaired) electrons. The highest BCUT2D eigenvalue weighted by Gasteiger charge is 2.02. The molecule has 0 saturated carbocycles. The normalized spacial score (nSPS) is 12.7. The molecule has 2 aromatic rings. The number of rotatable bonds is 3. The number of hydrogen-bond donors (Lipinski definition) is 1. The maximum Gasteiger partial charge on any atom is 0.0776 e. The monoisotopic (exact) mass is 201 g/mol. The van der Waals surface area contributed by atoms with Gasteiger partial charge in [0.1, 0.15) is 0 Å². The van der Waals surface area contributed by atoms with Crippen molar-refractivity contribution in [2.24, 2.45) is 0 Å². The molecule has 0 saturated heterocycles. The van der Waals surface area contributed by atoms with E-state index in [1.54, 1.807) is 6.92 Å². The maximum atomic E-state index is 9.39. The highest BCUT2D eigenvalue weighted by molar-refractivity contribution is 5.18. The van der Waals surface area contributed by atoms with Crippen LogP contribution in [-0.4, -0.2) is 9.67 Å². The fraction of sp³-hybridized carbons (Fsp3) is 0.231. The van der Waals surface area contributed by atoms with Crippen molar-refractivity contribution in [2.45, 2.75) is 19.6 Å². The van der Waals surface area contributed by atoms with E-state index in [2.05, 4.69) is 16.7 Å². The maximum absolute atomic E-state index is 9.39. The lowest BCUT2D eigenvalue weighted by Crippen LogP contribution is -1.96. The number of aliphatic hydroxyl groups excluding tert-OH is 1. The molecule has 2 nitrogen and oxygen atoms in total. The van der Waals surface area contributed by atoms with Crippen LogP contribution in [0.15, 0.2) is 48.8 Å². The highest BCUT2D eigenvalue weighted by atomic mass is 16.3. The van der Waals surface area contributed by atoms with Gasteiger partial charge in [-0.1, -0.05) is 30.3 Å². The summed E-state index contributed by atoms with van der Waals surface area (Å²) in [5, 5.41) is 9.39. The van der Waals surface area contributed by atoms with E-state index < -0.39 is 0 Å². The molecule has 0 spiro atoms. The largest absolute Gasteiger partial charge is 0.389 e. The van der Waals surface area contributed by atoms with Gasteiger partial charge in [0.15, 0.2) is 0 Å². The predicted molar refractivity (Wildman–Crippen MR) is 60.6 cm³/mol. The first kappa shape index (κ1) is 9.99. The van der Waals surface area contributed by atoms with E-state index in [0.717, 1.165) is 12.1 Å². The molecule has 1 aromatic carbocycles. The van der Waals surface area contributed by atoms with Gasteiger partial charge < -0.3 is 9.67 Å². The summed E-state index contributed by atoms with van der Waals surface area (Å²) in [4.78, 5) is 0. The van der Waals surface area contributed by atoms with Crippen LogP contribution in [0.4, 0.5) is 0 Å². The van der Waals surface area contributed by atoms with Gasteiger partial charge in [-0.25, -0.2) is 0 Å². The second-order valence-corrected chi connectivity index (χ2v) is 3.78. The number of aromatic nitrogens is 1. The van der Waals surface area contributed by atoms with Crippen molar-refractivity contribution in [2.75, 3.05) is 0 Å². The van der Waals surface area contributed by atoms with Gasteiger partial charge in [0.25, 0.3) is 0 Å². The SMILES string of the molecule is CC(O)c1ccn(Cc2ccccc2)c1. The van der Waals surface area contributed by atoms with Gasteiger partial charge >= 0.3 is 0 Å². The lowest BCUT2D eigenvalue weighted by Gasteiger charge is -2.03. The third-order valence-electron chi connectivity index (χ3n) is 2.46. The summed E-state index contributed by atoms with van der Waals surface area (Å²) in [7, 11) is 0. The standard InChI is InChI=1S/C13H15NO/c1-11(15)13-7-8-14(10-13)9-12-5-3-2-4-6-12/h2-8,10-11,15H,9H2,1H3. The second-order valence-electron chi connectivity index (χ2n) is 3.78. The molecule has 0 aliphatic carbocycles. The molecule has 1 heterocycles. The van der Waals surface area contributed by atoms with Crippen LogP contribution in [0.3, 0.4) is 0 Å². The van der Waals surface area contributed by atoms with Crippen LogP contribution in [0.1, 0.15) is 24.2 Å². The van der Waals surface area contributed by atoms with Crippen LogP contribution in [-0.2, 0) is 6.54 Å². The van der Waals surface area contributed by atoms with Crippen LogP contribution < -0.4 is 0 Å². The fourth-order valence-electron chi connectivity index (χ4n) is 1.60. The minimum Gasteiger partial charge on any atom is -0.389 e. The van der Waals surface area contributed by atoms with E-state index in [-0.39, 0.29) is 6.10 Å². The van der Waals surface area contributed by atoms with Crippen LogP contribution in [0.5, 0.6) is 0 Å². The van der Waals surface area contributed by atoms with E-state index in [1.165, 1.54) is 5.56 Å². The van der Waals surface area contributed by atoms with Crippen molar-refractivity contribution >= 4 is 0 Å². The molecule has 78 valence electrons. The summed E-state index contributed by atoms with van der Waals surface area (Å²) in [5.74, 6) is 0. The summed E-state index contributed by atoms with van der Waals surface area (Å²) >= 11 is 0. The minimum atomic E-state index is -0.387. The lowest BCUT2D eigenvalue weighted by molar-refractivity contribution is 0.199. The quantitative estimate of drug-likeness (QED) is 0.811. The van der Waals surface area contributed by atoms with E-state index in [9.17, 15) is 5.11 Å². The molecule has 0 fully saturated rings. The molecule has 0 aliphatic heterocycles. The average molecular weight is 201 g/mol. The molecule has 1 aromatic heterocycles. The Hall–Kier alpha value is -1.54. The van der Waals surface area contributed by atoms with E-state index in [4.69, 9.17) is 0 Å². The van der Waals surface area contributed by atoms with Gasteiger partial charge in [-0.05, 0) is 24.1 Å². The Morgan fingerprint density at radius 2 is 1.93 bits per heavy atom. The van der Waals surface area contributed by atoms with Gasteiger partial charge in [-0.2, -0.15) is 0 Å². The smallest absolute Gasteiger partial charge is 0.0776 e. The van der Waals surface area contributed by atoms with E-state index in [1.807, 2.05) is 36.7 Å². The van der Waals surface area contributed by atoms with Crippen LogP contribution in [0.2, 0.25) is 0 Å². The van der Waals surface area contributed by atoms with Crippen molar-refractivity contribution in [1.29, 1.82) is 0 Å². The zero-order chi connectivity index (χ0) is 10.7. The Labute approximate surface area is 89.8 Å². The van der Waals surface area contributed by atoms with Gasteiger partial charge in [-0.3, -0.25) is 0 Å². The van der Waals surface area contributed by atoms with Gasteiger partial charge in [0.05, 0.1) is 6.10 Å².